The Kier molecular flexibility index (Phi) is 3.14. The summed E-state index contributed by atoms with van der Waals surface area (Å²) < 4.78 is 5.56. The van der Waals surface area contributed by atoms with Crippen LogP contribution in [0.25, 0.3) is 0 Å². The van der Waals surface area contributed by atoms with Crippen LogP contribution in [0.1, 0.15) is 30.9 Å². The molecule has 4 nitrogen and oxygen atoms in total. The number of ether oxygens (including phenoxy) is 1. The van der Waals surface area contributed by atoms with Crippen molar-refractivity contribution in [3.05, 3.63) is 29.3 Å². The summed E-state index contributed by atoms with van der Waals surface area (Å²) in [4.78, 5) is 16.9. The average molecular weight is 286 g/mol. The fraction of sp³-hybridized carbons (Fsp3) is 0.588. The number of amides is 1. The first-order chi connectivity index (χ1) is 10.2. The summed E-state index contributed by atoms with van der Waals surface area (Å²) in [5.74, 6) is 1.34. The van der Waals surface area contributed by atoms with E-state index in [0.29, 0.717) is 11.9 Å². The molecule has 1 amide bonds. The van der Waals surface area contributed by atoms with Crippen molar-refractivity contribution in [2.24, 2.45) is 0 Å². The summed E-state index contributed by atoms with van der Waals surface area (Å²) >= 11 is 0. The zero-order valence-corrected chi connectivity index (χ0v) is 12.5. The summed E-state index contributed by atoms with van der Waals surface area (Å²) in [7, 11) is 0. The number of hydrogen-bond donors (Lipinski definition) is 0. The van der Waals surface area contributed by atoms with Gasteiger partial charge in [0.1, 0.15) is 5.75 Å². The second-order valence-electron chi connectivity index (χ2n) is 6.47. The Hall–Kier alpha value is -1.55. The van der Waals surface area contributed by atoms with Gasteiger partial charge in [-0.3, -0.25) is 9.69 Å². The Balaban J connectivity index is 1.52. The molecule has 0 saturated carbocycles. The second-order valence-corrected chi connectivity index (χ2v) is 6.47. The first-order valence-corrected chi connectivity index (χ1v) is 8.01. The maximum absolute atomic E-state index is 12.5. The number of nitrogens with zero attached hydrogens (tertiary/aromatic N) is 2. The fourth-order valence-electron chi connectivity index (χ4n) is 3.91. The monoisotopic (exact) mass is 286 g/mol. The van der Waals surface area contributed by atoms with E-state index < -0.39 is 0 Å². The molecule has 0 unspecified atom stereocenters. The summed E-state index contributed by atoms with van der Waals surface area (Å²) in [6, 6.07) is 6.91. The van der Waals surface area contributed by atoms with E-state index in [0.717, 1.165) is 51.3 Å². The molecular weight excluding hydrogens is 264 g/mol. The molecule has 4 heteroatoms. The molecule has 2 saturated heterocycles. The third-order valence-corrected chi connectivity index (χ3v) is 5.15. The molecule has 3 heterocycles. The summed E-state index contributed by atoms with van der Waals surface area (Å²) in [6.45, 7) is 5.69. The molecule has 0 bridgehead atoms. The van der Waals surface area contributed by atoms with E-state index in [1.165, 1.54) is 11.1 Å². The second kappa shape index (κ2) is 5.02. The highest BCUT2D eigenvalue weighted by molar-refractivity contribution is 5.83. The Morgan fingerprint density at radius 2 is 2.29 bits per heavy atom. The van der Waals surface area contributed by atoms with E-state index in [1.807, 2.05) is 6.92 Å². The fourth-order valence-corrected chi connectivity index (χ4v) is 3.91. The van der Waals surface area contributed by atoms with E-state index in [-0.39, 0.29) is 6.04 Å². The molecule has 0 aliphatic carbocycles. The van der Waals surface area contributed by atoms with Crippen LogP contribution in [0.5, 0.6) is 5.75 Å². The van der Waals surface area contributed by atoms with Crippen LogP contribution in [0, 0.1) is 0 Å². The van der Waals surface area contributed by atoms with Gasteiger partial charge in [-0.05, 0) is 37.0 Å². The zero-order valence-electron chi connectivity index (χ0n) is 12.5. The van der Waals surface area contributed by atoms with Crippen LogP contribution in [0.15, 0.2) is 18.2 Å². The minimum Gasteiger partial charge on any atom is -0.493 e. The van der Waals surface area contributed by atoms with Crippen molar-refractivity contribution in [2.75, 3.05) is 19.7 Å². The van der Waals surface area contributed by atoms with E-state index >= 15 is 0 Å². The Morgan fingerprint density at radius 1 is 1.38 bits per heavy atom. The van der Waals surface area contributed by atoms with Crippen molar-refractivity contribution in [3.8, 4) is 5.75 Å². The lowest BCUT2D eigenvalue weighted by molar-refractivity contribution is -0.143. The number of benzene rings is 1. The number of hydrogen-bond acceptors (Lipinski definition) is 3. The minimum absolute atomic E-state index is 0.00357. The number of rotatable bonds is 2. The van der Waals surface area contributed by atoms with Gasteiger partial charge in [-0.15, -0.1) is 0 Å². The summed E-state index contributed by atoms with van der Waals surface area (Å²) in [5.41, 5.74) is 2.61. The minimum atomic E-state index is 0.00357. The Labute approximate surface area is 125 Å². The molecular formula is C17H22N2O2. The Bertz CT molecular complexity index is 572. The van der Waals surface area contributed by atoms with Gasteiger partial charge in [-0.1, -0.05) is 12.1 Å². The topological polar surface area (TPSA) is 32.8 Å². The van der Waals surface area contributed by atoms with Crippen molar-refractivity contribution in [2.45, 2.75) is 44.8 Å². The predicted molar refractivity (Wildman–Crippen MR) is 80.2 cm³/mol. The molecule has 3 aliphatic rings. The first-order valence-electron chi connectivity index (χ1n) is 8.01. The third kappa shape index (κ3) is 2.22. The Morgan fingerprint density at radius 3 is 3.19 bits per heavy atom. The van der Waals surface area contributed by atoms with Crippen molar-refractivity contribution in [1.82, 2.24) is 9.80 Å². The van der Waals surface area contributed by atoms with Gasteiger partial charge in [0.2, 0.25) is 5.91 Å². The lowest BCUT2D eigenvalue weighted by Gasteiger charge is -2.41. The van der Waals surface area contributed by atoms with Gasteiger partial charge in [0.15, 0.2) is 0 Å². The van der Waals surface area contributed by atoms with Crippen LogP contribution in [0.3, 0.4) is 0 Å². The van der Waals surface area contributed by atoms with E-state index in [4.69, 9.17) is 4.74 Å². The van der Waals surface area contributed by atoms with Gasteiger partial charge in [0.05, 0.1) is 12.6 Å². The van der Waals surface area contributed by atoms with E-state index in [1.54, 1.807) is 0 Å². The maximum Gasteiger partial charge on any atom is 0.239 e. The van der Waals surface area contributed by atoms with Gasteiger partial charge >= 0.3 is 0 Å². The van der Waals surface area contributed by atoms with Gasteiger partial charge in [-0.2, -0.15) is 0 Å². The molecule has 21 heavy (non-hydrogen) atoms. The standard InChI is InChI=1S/C17H22N2O2/c1-12-17(20)19-7-2-3-15(19)11-18(12)10-13-4-5-16-14(9-13)6-8-21-16/h4-5,9,12,15H,2-3,6-8,10-11H2,1H3/t12-,15+/m0/s1. The van der Waals surface area contributed by atoms with Crippen LogP contribution in [-0.2, 0) is 17.8 Å². The number of carbonyl (C=O) groups excluding carboxylic acids is 1. The molecule has 1 aromatic carbocycles. The normalized spacial score (nSPS) is 28.4. The van der Waals surface area contributed by atoms with Crippen molar-refractivity contribution in [3.63, 3.8) is 0 Å². The van der Waals surface area contributed by atoms with Crippen LogP contribution < -0.4 is 4.74 Å². The summed E-state index contributed by atoms with van der Waals surface area (Å²) in [5, 5.41) is 0. The van der Waals surface area contributed by atoms with E-state index in [9.17, 15) is 4.79 Å². The molecule has 0 radical (unpaired) electrons. The van der Waals surface area contributed by atoms with E-state index in [2.05, 4.69) is 28.0 Å². The number of carbonyl (C=O) groups is 1. The highest BCUT2D eigenvalue weighted by atomic mass is 16.5. The van der Waals surface area contributed by atoms with Gasteiger partial charge < -0.3 is 9.64 Å². The quantitative estimate of drug-likeness (QED) is 0.831. The highest BCUT2D eigenvalue weighted by Gasteiger charge is 2.40. The summed E-state index contributed by atoms with van der Waals surface area (Å²) in [6.07, 6.45) is 3.33. The SMILES string of the molecule is C[C@H]1C(=O)N2CCC[C@@H]2CN1Cc1ccc2c(c1)CCO2. The predicted octanol–water partition coefficient (Wildman–Crippen LogP) is 1.82. The molecule has 0 N–H and O–H groups in total. The van der Waals surface area contributed by atoms with Crippen LogP contribution in [0.2, 0.25) is 0 Å². The molecule has 2 fully saturated rings. The molecule has 0 spiro atoms. The molecule has 1 aromatic rings. The van der Waals surface area contributed by atoms with Crippen LogP contribution >= 0.6 is 0 Å². The van der Waals surface area contributed by atoms with Crippen molar-refractivity contribution >= 4 is 5.91 Å². The van der Waals surface area contributed by atoms with Gasteiger partial charge in [0.25, 0.3) is 0 Å². The van der Waals surface area contributed by atoms with Crippen LogP contribution in [0.4, 0.5) is 0 Å². The van der Waals surface area contributed by atoms with Gasteiger partial charge in [-0.25, -0.2) is 0 Å². The molecule has 0 aromatic heterocycles. The smallest absolute Gasteiger partial charge is 0.239 e. The molecule has 112 valence electrons. The van der Waals surface area contributed by atoms with Crippen molar-refractivity contribution < 1.29 is 9.53 Å². The lowest BCUT2D eigenvalue weighted by Crippen LogP contribution is -2.58. The first kappa shape index (κ1) is 13.1. The largest absolute Gasteiger partial charge is 0.493 e. The lowest BCUT2D eigenvalue weighted by atomic mass is 10.0. The van der Waals surface area contributed by atoms with Crippen LogP contribution in [-0.4, -0.2) is 47.5 Å². The highest BCUT2D eigenvalue weighted by Crippen LogP contribution is 2.29. The number of fused-ring (bicyclic) bond motifs is 2. The molecule has 4 rings (SSSR count). The molecule has 2 atom stereocenters. The van der Waals surface area contributed by atoms with Crippen molar-refractivity contribution in [1.29, 1.82) is 0 Å². The third-order valence-electron chi connectivity index (χ3n) is 5.15. The zero-order chi connectivity index (χ0) is 14.4. The van der Waals surface area contributed by atoms with Gasteiger partial charge in [0, 0.05) is 32.1 Å². The maximum atomic E-state index is 12.5. The number of piperazine rings is 1. The average Bonchev–Trinajstić information content (AvgIpc) is 3.12. The molecule has 3 aliphatic heterocycles.